The summed E-state index contributed by atoms with van der Waals surface area (Å²) in [6.45, 7) is 3.14. The summed E-state index contributed by atoms with van der Waals surface area (Å²) in [5.41, 5.74) is 6.36. The molecule has 0 amide bonds. The second-order valence-electron chi connectivity index (χ2n) is 6.27. The normalized spacial score (nSPS) is 17.0. The lowest BCUT2D eigenvalue weighted by Gasteiger charge is -2.26. The summed E-state index contributed by atoms with van der Waals surface area (Å²) in [6, 6.07) is 13.1. The monoisotopic (exact) mass is 384 g/mol. The number of nitrogens with one attached hydrogen (secondary N) is 2. The molecule has 24 heavy (non-hydrogen) atoms. The molecule has 3 aromatic rings. The summed E-state index contributed by atoms with van der Waals surface area (Å²) >= 11 is 3.59. The van der Waals surface area contributed by atoms with Crippen LogP contribution in [0.4, 0.5) is 0 Å². The van der Waals surface area contributed by atoms with E-state index >= 15 is 0 Å². The Morgan fingerprint density at radius 2 is 2.08 bits per heavy atom. The number of aryl methyl sites for hydroxylation is 1. The zero-order chi connectivity index (χ0) is 16.7. The number of ether oxygens (including phenoxy) is 1. The lowest BCUT2D eigenvalue weighted by atomic mass is 9.93. The highest BCUT2D eigenvalue weighted by molar-refractivity contribution is 9.10. The van der Waals surface area contributed by atoms with Crippen LogP contribution in [0.2, 0.25) is 0 Å². The zero-order valence-corrected chi connectivity index (χ0v) is 15.5. The van der Waals surface area contributed by atoms with E-state index in [9.17, 15) is 0 Å². The van der Waals surface area contributed by atoms with Crippen molar-refractivity contribution in [1.29, 1.82) is 0 Å². The van der Waals surface area contributed by atoms with Crippen LogP contribution in [0.5, 0.6) is 5.75 Å². The number of H-pyrrole nitrogens is 1. The fourth-order valence-corrected chi connectivity index (χ4v) is 4.04. The van der Waals surface area contributed by atoms with Gasteiger partial charge in [0.25, 0.3) is 0 Å². The fraction of sp³-hybridized carbons (Fsp3) is 0.300. The molecule has 1 aromatic heterocycles. The molecule has 0 saturated carbocycles. The van der Waals surface area contributed by atoms with Crippen LogP contribution in [-0.2, 0) is 12.8 Å². The minimum atomic E-state index is 0.140. The zero-order valence-electron chi connectivity index (χ0n) is 13.9. The Labute approximate surface area is 150 Å². The van der Waals surface area contributed by atoms with Gasteiger partial charge >= 0.3 is 0 Å². The van der Waals surface area contributed by atoms with Gasteiger partial charge in [-0.05, 0) is 48.2 Å². The van der Waals surface area contributed by atoms with Crippen molar-refractivity contribution in [2.45, 2.75) is 25.8 Å². The van der Waals surface area contributed by atoms with E-state index in [1.54, 1.807) is 7.11 Å². The molecule has 2 heterocycles. The number of rotatable bonds is 3. The van der Waals surface area contributed by atoms with E-state index in [-0.39, 0.29) is 6.04 Å². The fourth-order valence-electron chi connectivity index (χ4n) is 3.68. The van der Waals surface area contributed by atoms with Crippen LogP contribution in [0.15, 0.2) is 40.9 Å². The maximum Gasteiger partial charge on any atom is 0.124 e. The van der Waals surface area contributed by atoms with E-state index in [1.165, 1.54) is 33.3 Å². The molecule has 0 radical (unpaired) electrons. The molecular weight excluding hydrogens is 364 g/mol. The van der Waals surface area contributed by atoms with E-state index in [4.69, 9.17) is 4.74 Å². The van der Waals surface area contributed by atoms with Crippen molar-refractivity contribution in [2.24, 2.45) is 0 Å². The van der Waals surface area contributed by atoms with Crippen LogP contribution in [0.3, 0.4) is 0 Å². The van der Waals surface area contributed by atoms with Gasteiger partial charge in [0, 0.05) is 33.2 Å². The third-order valence-corrected chi connectivity index (χ3v) is 5.42. The van der Waals surface area contributed by atoms with Crippen molar-refractivity contribution in [2.75, 3.05) is 13.7 Å². The van der Waals surface area contributed by atoms with Gasteiger partial charge in [-0.15, -0.1) is 0 Å². The SMILES string of the molecule is CCc1ccc(C2NCCc3c2[nH]c2ccc(Br)cc32)c(OC)c1. The highest BCUT2D eigenvalue weighted by atomic mass is 79.9. The minimum Gasteiger partial charge on any atom is -0.496 e. The molecule has 2 aromatic carbocycles. The molecule has 0 saturated heterocycles. The number of fused-ring (bicyclic) bond motifs is 3. The first-order chi connectivity index (χ1) is 11.7. The molecule has 4 rings (SSSR count). The van der Waals surface area contributed by atoms with Gasteiger partial charge in [-0.25, -0.2) is 0 Å². The van der Waals surface area contributed by atoms with E-state index in [2.05, 4.69) is 69.6 Å². The maximum atomic E-state index is 5.69. The maximum absolute atomic E-state index is 5.69. The molecule has 1 aliphatic heterocycles. The first kappa shape index (κ1) is 15.7. The molecule has 0 spiro atoms. The van der Waals surface area contributed by atoms with Crippen molar-refractivity contribution in [3.05, 3.63) is 63.3 Å². The second kappa shape index (κ2) is 6.26. The topological polar surface area (TPSA) is 37.0 Å². The molecule has 1 aliphatic rings. The predicted octanol–water partition coefficient (Wildman–Crippen LogP) is 4.74. The van der Waals surface area contributed by atoms with Gasteiger partial charge in [-0.1, -0.05) is 35.0 Å². The number of methoxy groups -OCH3 is 1. The molecule has 0 aliphatic carbocycles. The van der Waals surface area contributed by atoms with Crippen molar-refractivity contribution < 1.29 is 4.74 Å². The molecule has 2 N–H and O–H groups in total. The highest BCUT2D eigenvalue weighted by Gasteiger charge is 2.27. The Morgan fingerprint density at radius 1 is 1.21 bits per heavy atom. The first-order valence-electron chi connectivity index (χ1n) is 8.41. The molecule has 1 atom stereocenters. The van der Waals surface area contributed by atoms with E-state index in [1.807, 2.05) is 0 Å². The average molecular weight is 385 g/mol. The van der Waals surface area contributed by atoms with Gasteiger partial charge in [0.15, 0.2) is 0 Å². The van der Waals surface area contributed by atoms with Gasteiger partial charge in [-0.3, -0.25) is 0 Å². The Balaban J connectivity index is 1.86. The molecule has 124 valence electrons. The number of hydrogen-bond donors (Lipinski definition) is 2. The van der Waals surface area contributed by atoms with Gasteiger partial charge in [-0.2, -0.15) is 0 Å². The summed E-state index contributed by atoms with van der Waals surface area (Å²) in [4.78, 5) is 3.63. The number of benzene rings is 2. The quantitative estimate of drug-likeness (QED) is 0.684. The Morgan fingerprint density at radius 3 is 2.88 bits per heavy atom. The van der Waals surface area contributed by atoms with Gasteiger partial charge in [0.1, 0.15) is 5.75 Å². The predicted molar refractivity (Wildman–Crippen MR) is 102 cm³/mol. The lowest BCUT2D eigenvalue weighted by molar-refractivity contribution is 0.401. The third kappa shape index (κ3) is 2.54. The van der Waals surface area contributed by atoms with E-state index in [0.29, 0.717) is 0 Å². The molecule has 0 bridgehead atoms. The van der Waals surface area contributed by atoms with Crippen molar-refractivity contribution in [1.82, 2.24) is 10.3 Å². The lowest BCUT2D eigenvalue weighted by Crippen LogP contribution is -2.30. The number of aromatic amines is 1. The average Bonchev–Trinajstić information content (AvgIpc) is 2.99. The Kier molecular flexibility index (Phi) is 4.10. The Bertz CT molecular complexity index is 900. The van der Waals surface area contributed by atoms with Gasteiger partial charge in [0.05, 0.1) is 13.2 Å². The van der Waals surface area contributed by atoms with Crippen molar-refractivity contribution >= 4 is 26.8 Å². The van der Waals surface area contributed by atoms with E-state index in [0.717, 1.165) is 29.6 Å². The summed E-state index contributed by atoms with van der Waals surface area (Å²) < 4.78 is 6.81. The van der Waals surface area contributed by atoms with Crippen molar-refractivity contribution in [3.8, 4) is 5.75 Å². The highest BCUT2D eigenvalue weighted by Crippen LogP contribution is 2.37. The smallest absolute Gasteiger partial charge is 0.124 e. The molecule has 4 heteroatoms. The first-order valence-corrected chi connectivity index (χ1v) is 9.20. The Hall–Kier alpha value is -1.78. The van der Waals surface area contributed by atoms with E-state index < -0.39 is 0 Å². The summed E-state index contributed by atoms with van der Waals surface area (Å²) in [6.07, 6.45) is 2.05. The summed E-state index contributed by atoms with van der Waals surface area (Å²) in [5.74, 6) is 0.958. The molecule has 1 unspecified atom stereocenters. The van der Waals surface area contributed by atoms with Crippen LogP contribution in [0, 0.1) is 0 Å². The summed E-state index contributed by atoms with van der Waals surface area (Å²) in [5, 5.41) is 4.97. The number of aromatic nitrogens is 1. The van der Waals surface area contributed by atoms with Gasteiger partial charge in [0.2, 0.25) is 0 Å². The van der Waals surface area contributed by atoms with Crippen LogP contribution in [0.1, 0.15) is 35.3 Å². The summed E-state index contributed by atoms with van der Waals surface area (Å²) in [7, 11) is 1.75. The van der Waals surface area contributed by atoms with Crippen LogP contribution >= 0.6 is 15.9 Å². The number of halogens is 1. The standard InChI is InChI=1S/C20H21BrN2O/c1-3-12-4-6-15(18(10-12)24-2)19-20-14(8-9-22-19)16-11-13(21)5-7-17(16)23-20/h4-7,10-11,19,22-23H,3,8-9H2,1-2H3. The third-order valence-electron chi connectivity index (χ3n) is 4.93. The number of hydrogen-bond acceptors (Lipinski definition) is 2. The molecule has 0 fully saturated rings. The van der Waals surface area contributed by atoms with Crippen molar-refractivity contribution in [3.63, 3.8) is 0 Å². The largest absolute Gasteiger partial charge is 0.496 e. The van der Waals surface area contributed by atoms with Gasteiger partial charge < -0.3 is 15.0 Å². The second-order valence-corrected chi connectivity index (χ2v) is 7.19. The minimum absolute atomic E-state index is 0.140. The van der Waals surface area contributed by atoms with Crippen LogP contribution in [0.25, 0.3) is 10.9 Å². The van der Waals surface area contributed by atoms with Crippen LogP contribution in [-0.4, -0.2) is 18.6 Å². The molecule has 3 nitrogen and oxygen atoms in total. The molecular formula is C20H21BrN2O. The van der Waals surface area contributed by atoms with Crippen LogP contribution < -0.4 is 10.1 Å².